The molecule has 134 valence electrons. The second-order valence-electron chi connectivity index (χ2n) is 5.58. The molecule has 0 atom stereocenters. The Bertz CT molecular complexity index is 688. The van der Waals surface area contributed by atoms with Gasteiger partial charge >= 0.3 is 0 Å². The zero-order valence-electron chi connectivity index (χ0n) is 14.9. The molecule has 2 aromatic rings. The van der Waals surface area contributed by atoms with Gasteiger partial charge in [-0.1, -0.05) is 36.4 Å². The summed E-state index contributed by atoms with van der Waals surface area (Å²) in [5.74, 6) is 0.466. The van der Waals surface area contributed by atoms with Crippen LogP contribution in [0.1, 0.15) is 30.5 Å². The number of aliphatic imine (C=N–C) groups is 1. The van der Waals surface area contributed by atoms with Gasteiger partial charge in [0.25, 0.3) is 0 Å². The van der Waals surface area contributed by atoms with E-state index in [1.807, 2.05) is 32.0 Å². The maximum atomic E-state index is 13.3. The summed E-state index contributed by atoms with van der Waals surface area (Å²) in [5, 5.41) is 6.54. The first kappa shape index (κ1) is 18.9. The molecule has 2 N–H and O–H groups in total. The molecule has 2 rings (SSSR count). The summed E-state index contributed by atoms with van der Waals surface area (Å²) in [4.78, 5) is 4.53. The van der Waals surface area contributed by atoms with Crippen molar-refractivity contribution < 1.29 is 9.13 Å². The molecule has 4 nitrogen and oxygen atoms in total. The number of guanidine groups is 1. The highest BCUT2D eigenvalue weighted by Crippen LogP contribution is 2.10. The van der Waals surface area contributed by atoms with Gasteiger partial charge in [-0.25, -0.2) is 9.38 Å². The Hall–Kier alpha value is -2.40. The maximum Gasteiger partial charge on any atom is 0.191 e. The Labute approximate surface area is 149 Å². The Morgan fingerprint density at radius 2 is 1.84 bits per heavy atom. The summed E-state index contributed by atoms with van der Waals surface area (Å²) in [7, 11) is 0. The molecule has 0 aliphatic rings. The summed E-state index contributed by atoms with van der Waals surface area (Å²) in [6.45, 7) is 7.14. The second kappa shape index (κ2) is 10.5. The quantitative estimate of drug-likeness (QED) is 0.568. The van der Waals surface area contributed by atoms with E-state index >= 15 is 0 Å². The molecule has 0 amide bonds. The van der Waals surface area contributed by atoms with Gasteiger partial charge in [-0.3, -0.25) is 0 Å². The van der Waals surface area contributed by atoms with Gasteiger partial charge in [0, 0.05) is 19.7 Å². The number of ether oxygens (including phenoxy) is 1. The van der Waals surface area contributed by atoms with Crippen LogP contribution in [0.5, 0.6) is 0 Å². The van der Waals surface area contributed by atoms with Gasteiger partial charge in [0.15, 0.2) is 5.96 Å². The normalized spacial score (nSPS) is 11.4. The Kier molecular flexibility index (Phi) is 7.92. The van der Waals surface area contributed by atoms with Gasteiger partial charge in [0.2, 0.25) is 0 Å². The monoisotopic (exact) mass is 343 g/mol. The standard InChI is InChI=1S/C20H26FN3O/c1-3-22-20(23-13-16-8-7-11-19(21)12-16)24-14-17-9-5-6-10-18(17)15-25-4-2/h5-12H,3-4,13-15H2,1-2H3,(H2,22,23,24). The lowest BCUT2D eigenvalue weighted by atomic mass is 10.1. The molecule has 5 heteroatoms. The third-order valence-corrected chi connectivity index (χ3v) is 3.68. The third kappa shape index (κ3) is 6.55. The SMILES string of the molecule is CCNC(=NCc1cccc(F)c1)NCc1ccccc1COCC. The van der Waals surface area contributed by atoms with Gasteiger partial charge in [0.05, 0.1) is 13.2 Å². The van der Waals surface area contributed by atoms with Crippen molar-refractivity contribution in [3.05, 3.63) is 71.0 Å². The molecule has 0 unspecified atom stereocenters. The van der Waals surface area contributed by atoms with E-state index in [0.717, 1.165) is 17.7 Å². The van der Waals surface area contributed by atoms with Crippen LogP contribution in [0.15, 0.2) is 53.5 Å². The van der Waals surface area contributed by atoms with Crippen molar-refractivity contribution in [2.24, 2.45) is 4.99 Å². The Morgan fingerprint density at radius 1 is 1.04 bits per heavy atom. The van der Waals surface area contributed by atoms with E-state index in [9.17, 15) is 4.39 Å². The average Bonchev–Trinajstić information content (AvgIpc) is 2.63. The van der Waals surface area contributed by atoms with E-state index in [4.69, 9.17) is 4.74 Å². The third-order valence-electron chi connectivity index (χ3n) is 3.68. The lowest BCUT2D eigenvalue weighted by molar-refractivity contribution is 0.133. The Balaban J connectivity index is 2.00. The van der Waals surface area contributed by atoms with E-state index in [2.05, 4.69) is 27.8 Å². The Morgan fingerprint density at radius 3 is 2.56 bits per heavy atom. The lowest BCUT2D eigenvalue weighted by Gasteiger charge is -2.14. The number of halogens is 1. The van der Waals surface area contributed by atoms with Crippen LogP contribution in [0, 0.1) is 5.82 Å². The number of rotatable bonds is 8. The number of nitrogens with one attached hydrogen (secondary N) is 2. The highest BCUT2D eigenvalue weighted by Gasteiger charge is 2.04. The molecule has 0 radical (unpaired) electrons. The summed E-state index contributed by atoms with van der Waals surface area (Å²) in [6, 6.07) is 14.7. The molecular weight excluding hydrogens is 317 g/mol. The van der Waals surface area contributed by atoms with Crippen molar-refractivity contribution in [2.75, 3.05) is 13.2 Å². The van der Waals surface area contributed by atoms with Crippen molar-refractivity contribution in [1.29, 1.82) is 0 Å². The highest BCUT2D eigenvalue weighted by atomic mass is 19.1. The number of nitrogens with zero attached hydrogens (tertiary/aromatic N) is 1. The molecule has 0 saturated heterocycles. The summed E-state index contributed by atoms with van der Waals surface area (Å²) in [5.41, 5.74) is 3.18. The van der Waals surface area contributed by atoms with Crippen LogP contribution in [0.2, 0.25) is 0 Å². The van der Waals surface area contributed by atoms with E-state index in [1.165, 1.54) is 17.7 Å². The van der Waals surface area contributed by atoms with Crippen molar-refractivity contribution in [3.63, 3.8) is 0 Å². The van der Waals surface area contributed by atoms with Crippen LogP contribution in [-0.4, -0.2) is 19.1 Å². The molecular formula is C20H26FN3O. The fourth-order valence-corrected chi connectivity index (χ4v) is 2.41. The first-order valence-electron chi connectivity index (χ1n) is 8.64. The molecule has 0 spiro atoms. The van der Waals surface area contributed by atoms with Crippen molar-refractivity contribution in [2.45, 2.75) is 33.5 Å². The van der Waals surface area contributed by atoms with E-state index in [0.29, 0.717) is 32.3 Å². The molecule has 0 fully saturated rings. The van der Waals surface area contributed by atoms with Gasteiger partial charge in [-0.05, 0) is 42.7 Å². The van der Waals surface area contributed by atoms with E-state index in [-0.39, 0.29) is 5.82 Å². The number of hydrogen-bond acceptors (Lipinski definition) is 2. The average molecular weight is 343 g/mol. The van der Waals surface area contributed by atoms with Crippen LogP contribution in [-0.2, 0) is 24.4 Å². The second-order valence-corrected chi connectivity index (χ2v) is 5.58. The van der Waals surface area contributed by atoms with Gasteiger partial charge in [0.1, 0.15) is 5.82 Å². The summed E-state index contributed by atoms with van der Waals surface area (Å²) < 4.78 is 18.8. The highest BCUT2D eigenvalue weighted by molar-refractivity contribution is 5.79. The van der Waals surface area contributed by atoms with Crippen LogP contribution in [0.25, 0.3) is 0 Å². The molecule has 0 heterocycles. The lowest BCUT2D eigenvalue weighted by Crippen LogP contribution is -2.37. The molecule has 2 aromatic carbocycles. The summed E-state index contributed by atoms with van der Waals surface area (Å²) in [6.07, 6.45) is 0. The molecule has 0 aliphatic heterocycles. The molecule has 0 bridgehead atoms. The minimum Gasteiger partial charge on any atom is -0.377 e. The topological polar surface area (TPSA) is 45.7 Å². The van der Waals surface area contributed by atoms with Gasteiger partial charge < -0.3 is 15.4 Å². The maximum absolute atomic E-state index is 13.3. The van der Waals surface area contributed by atoms with Crippen LogP contribution in [0.4, 0.5) is 4.39 Å². The summed E-state index contributed by atoms with van der Waals surface area (Å²) >= 11 is 0. The zero-order chi connectivity index (χ0) is 17.9. The largest absolute Gasteiger partial charge is 0.377 e. The smallest absolute Gasteiger partial charge is 0.191 e. The number of hydrogen-bond donors (Lipinski definition) is 2. The predicted octanol–water partition coefficient (Wildman–Crippen LogP) is 3.62. The van der Waals surface area contributed by atoms with Crippen LogP contribution < -0.4 is 10.6 Å². The van der Waals surface area contributed by atoms with E-state index < -0.39 is 0 Å². The van der Waals surface area contributed by atoms with Crippen molar-refractivity contribution in [3.8, 4) is 0 Å². The van der Waals surface area contributed by atoms with E-state index in [1.54, 1.807) is 6.07 Å². The fourth-order valence-electron chi connectivity index (χ4n) is 2.41. The zero-order valence-corrected chi connectivity index (χ0v) is 14.9. The van der Waals surface area contributed by atoms with Crippen LogP contribution in [0.3, 0.4) is 0 Å². The molecule has 0 aliphatic carbocycles. The van der Waals surface area contributed by atoms with Gasteiger partial charge in [-0.2, -0.15) is 0 Å². The fraction of sp³-hybridized carbons (Fsp3) is 0.350. The van der Waals surface area contributed by atoms with Crippen molar-refractivity contribution >= 4 is 5.96 Å². The minimum atomic E-state index is -0.240. The first-order valence-corrected chi connectivity index (χ1v) is 8.64. The predicted molar refractivity (Wildman–Crippen MR) is 99.8 cm³/mol. The van der Waals surface area contributed by atoms with Crippen molar-refractivity contribution in [1.82, 2.24) is 10.6 Å². The molecule has 0 saturated carbocycles. The molecule has 0 aromatic heterocycles. The van der Waals surface area contributed by atoms with Crippen LogP contribution >= 0.6 is 0 Å². The minimum absolute atomic E-state index is 0.240. The molecule has 25 heavy (non-hydrogen) atoms. The number of benzene rings is 2. The first-order chi connectivity index (χ1) is 12.2. The van der Waals surface area contributed by atoms with Gasteiger partial charge in [-0.15, -0.1) is 0 Å².